The van der Waals surface area contributed by atoms with E-state index in [1.165, 1.54) is 0 Å². The summed E-state index contributed by atoms with van der Waals surface area (Å²) in [7, 11) is 0. The lowest BCUT2D eigenvalue weighted by Gasteiger charge is -2.19. The third kappa shape index (κ3) is 6.03. The monoisotopic (exact) mass is 290 g/mol. The Balaban J connectivity index is 1.96. The van der Waals surface area contributed by atoms with Crippen LogP contribution in [0.2, 0.25) is 0 Å². The van der Waals surface area contributed by atoms with Crippen molar-refractivity contribution in [2.75, 3.05) is 19.8 Å². The molecule has 19 heavy (non-hydrogen) atoms. The van der Waals surface area contributed by atoms with Crippen LogP contribution in [0.15, 0.2) is 0 Å². The predicted molar refractivity (Wildman–Crippen MR) is 59.3 cm³/mol. The van der Waals surface area contributed by atoms with Crippen molar-refractivity contribution in [2.45, 2.75) is 56.7 Å². The molecule has 0 N–H and O–H groups in total. The normalized spacial score (nSPS) is 21.0. The number of hydrogen-bond acceptors (Lipinski definition) is 2. The van der Waals surface area contributed by atoms with Crippen molar-refractivity contribution in [3.63, 3.8) is 0 Å². The SMILES string of the molecule is FC(F)(F)C(F)(F)CCCCOCCC1CCCO1. The van der Waals surface area contributed by atoms with Crippen LogP contribution >= 0.6 is 0 Å². The first-order valence-electron chi connectivity index (χ1n) is 6.47. The molecule has 0 spiro atoms. The van der Waals surface area contributed by atoms with E-state index in [0.29, 0.717) is 6.61 Å². The number of halogens is 5. The third-order valence-corrected chi connectivity index (χ3v) is 3.05. The van der Waals surface area contributed by atoms with Crippen LogP contribution in [0.4, 0.5) is 22.0 Å². The first kappa shape index (κ1) is 16.6. The second-order valence-corrected chi connectivity index (χ2v) is 4.70. The van der Waals surface area contributed by atoms with E-state index in [0.717, 1.165) is 25.9 Å². The van der Waals surface area contributed by atoms with Crippen LogP contribution in [0.25, 0.3) is 0 Å². The summed E-state index contributed by atoms with van der Waals surface area (Å²) in [6, 6.07) is 0. The Bertz CT molecular complexity index is 249. The van der Waals surface area contributed by atoms with E-state index in [9.17, 15) is 22.0 Å². The minimum atomic E-state index is -5.45. The average Bonchev–Trinajstić information content (AvgIpc) is 2.79. The summed E-state index contributed by atoms with van der Waals surface area (Å²) in [5.74, 6) is -4.59. The molecule has 2 nitrogen and oxygen atoms in total. The summed E-state index contributed by atoms with van der Waals surface area (Å²) in [6.45, 7) is 1.43. The fourth-order valence-electron chi connectivity index (χ4n) is 1.88. The molecule has 1 rings (SSSR count). The molecule has 0 aromatic heterocycles. The van der Waals surface area contributed by atoms with Gasteiger partial charge in [-0.05, 0) is 32.1 Å². The molecule has 0 aromatic carbocycles. The molecule has 7 heteroatoms. The molecule has 1 fully saturated rings. The van der Waals surface area contributed by atoms with Crippen molar-refractivity contribution in [1.29, 1.82) is 0 Å². The summed E-state index contributed by atoms with van der Waals surface area (Å²) in [5.41, 5.74) is 0. The van der Waals surface area contributed by atoms with E-state index in [1.54, 1.807) is 0 Å². The first-order chi connectivity index (χ1) is 8.83. The number of ether oxygens (including phenoxy) is 2. The van der Waals surface area contributed by atoms with Gasteiger partial charge >= 0.3 is 12.1 Å². The zero-order chi connectivity index (χ0) is 14.4. The fraction of sp³-hybridized carbons (Fsp3) is 1.00. The van der Waals surface area contributed by atoms with E-state index in [1.807, 2.05) is 0 Å². The smallest absolute Gasteiger partial charge is 0.381 e. The Morgan fingerprint density at radius 3 is 2.37 bits per heavy atom. The molecule has 1 unspecified atom stereocenters. The minimum Gasteiger partial charge on any atom is -0.381 e. The lowest BCUT2D eigenvalue weighted by atomic mass is 10.1. The van der Waals surface area contributed by atoms with Crippen LogP contribution in [0.1, 0.15) is 38.5 Å². The second kappa shape index (κ2) is 7.38. The Morgan fingerprint density at radius 1 is 1.05 bits per heavy atom. The Kier molecular flexibility index (Phi) is 6.46. The molecule has 1 aliphatic heterocycles. The molecule has 0 saturated carbocycles. The highest BCUT2D eigenvalue weighted by Gasteiger charge is 2.56. The van der Waals surface area contributed by atoms with Gasteiger partial charge in [-0.1, -0.05) is 0 Å². The largest absolute Gasteiger partial charge is 0.453 e. The third-order valence-electron chi connectivity index (χ3n) is 3.05. The maximum atomic E-state index is 12.5. The van der Waals surface area contributed by atoms with Crippen LogP contribution < -0.4 is 0 Å². The molecular weight excluding hydrogens is 271 g/mol. The van der Waals surface area contributed by atoms with E-state index >= 15 is 0 Å². The predicted octanol–water partition coefficient (Wildman–Crippen LogP) is 3.94. The molecule has 1 aliphatic rings. The number of rotatable bonds is 8. The topological polar surface area (TPSA) is 18.5 Å². The van der Waals surface area contributed by atoms with Gasteiger partial charge < -0.3 is 9.47 Å². The number of hydrogen-bond donors (Lipinski definition) is 0. The summed E-state index contributed by atoms with van der Waals surface area (Å²) in [6.07, 6.45) is -3.63. The molecule has 114 valence electrons. The van der Waals surface area contributed by atoms with Gasteiger partial charge in [0.1, 0.15) is 0 Å². The molecule has 0 bridgehead atoms. The van der Waals surface area contributed by atoms with Crippen molar-refractivity contribution < 1.29 is 31.4 Å². The van der Waals surface area contributed by atoms with Crippen molar-refractivity contribution in [3.8, 4) is 0 Å². The highest BCUT2D eigenvalue weighted by Crippen LogP contribution is 2.39. The first-order valence-corrected chi connectivity index (χ1v) is 6.47. The van der Waals surface area contributed by atoms with Crippen LogP contribution in [0, 0.1) is 0 Å². The molecule has 1 heterocycles. The van der Waals surface area contributed by atoms with Gasteiger partial charge in [-0.3, -0.25) is 0 Å². The van der Waals surface area contributed by atoms with Crippen LogP contribution in [-0.2, 0) is 9.47 Å². The highest BCUT2D eigenvalue weighted by atomic mass is 19.4. The van der Waals surface area contributed by atoms with Gasteiger partial charge in [0.05, 0.1) is 6.10 Å². The quantitative estimate of drug-likeness (QED) is 0.498. The van der Waals surface area contributed by atoms with Crippen molar-refractivity contribution in [3.05, 3.63) is 0 Å². The lowest BCUT2D eigenvalue weighted by molar-refractivity contribution is -0.284. The summed E-state index contributed by atoms with van der Waals surface area (Å²) in [5, 5.41) is 0. The average molecular weight is 290 g/mol. The van der Waals surface area contributed by atoms with Crippen molar-refractivity contribution in [1.82, 2.24) is 0 Å². The van der Waals surface area contributed by atoms with Gasteiger partial charge in [0.2, 0.25) is 0 Å². The second-order valence-electron chi connectivity index (χ2n) is 4.70. The molecule has 1 atom stereocenters. The fourth-order valence-corrected chi connectivity index (χ4v) is 1.88. The maximum absolute atomic E-state index is 12.5. The molecule has 0 radical (unpaired) electrons. The number of unbranched alkanes of at least 4 members (excludes halogenated alkanes) is 1. The van der Waals surface area contributed by atoms with Gasteiger partial charge in [-0.25, -0.2) is 0 Å². The molecule has 0 amide bonds. The zero-order valence-corrected chi connectivity index (χ0v) is 10.6. The summed E-state index contributed by atoms with van der Waals surface area (Å²) >= 11 is 0. The minimum absolute atomic E-state index is 0.202. The van der Waals surface area contributed by atoms with Gasteiger partial charge in [0.25, 0.3) is 0 Å². The molecule has 0 aliphatic carbocycles. The van der Waals surface area contributed by atoms with Crippen LogP contribution in [-0.4, -0.2) is 38.0 Å². The van der Waals surface area contributed by atoms with Crippen molar-refractivity contribution >= 4 is 0 Å². The highest BCUT2D eigenvalue weighted by molar-refractivity contribution is 4.75. The van der Waals surface area contributed by atoms with E-state index in [-0.39, 0.29) is 25.6 Å². The molecule has 1 saturated heterocycles. The number of alkyl halides is 5. The van der Waals surface area contributed by atoms with Crippen LogP contribution in [0.5, 0.6) is 0 Å². The zero-order valence-electron chi connectivity index (χ0n) is 10.6. The lowest BCUT2D eigenvalue weighted by Crippen LogP contribution is -2.36. The standard InChI is InChI=1S/C12H19F5O2/c13-11(14,12(15,16)17)6-1-2-7-18-9-5-10-4-3-8-19-10/h10H,1-9H2. The van der Waals surface area contributed by atoms with Gasteiger partial charge in [0, 0.05) is 26.2 Å². The van der Waals surface area contributed by atoms with Crippen LogP contribution in [0.3, 0.4) is 0 Å². The van der Waals surface area contributed by atoms with Crippen molar-refractivity contribution in [2.24, 2.45) is 0 Å². The summed E-state index contributed by atoms with van der Waals surface area (Å²) in [4.78, 5) is 0. The Labute approximate surface area is 109 Å². The maximum Gasteiger partial charge on any atom is 0.453 e. The van der Waals surface area contributed by atoms with Gasteiger partial charge in [-0.15, -0.1) is 0 Å². The van der Waals surface area contributed by atoms with Gasteiger partial charge in [-0.2, -0.15) is 22.0 Å². The Hall–Kier alpha value is -0.430. The van der Waals surface area contributed by atoms with Gasteiger partial charge in [0.15, 0.2) is 0 Å². The molecular formula is C12H19F5O2. The van der Waals surface area contributed by atoms with E-state index in [2.05, 4.69) is 0 Å². The Morgan fingerprint density at radius 2 is 1.79 bits per heavy atom. The van der Waals surface area contributed by atoms with E-state index in [4.69, 9.17) is 9.47 Å². The van der Waals surface area contributed by atoms with E-state index < -0.39 is 18.5 Å². The summed E-state index contributed by atoms with van der Waals surface area (Å²) < 4.78 is 71.1. The molecule has 0 aromatic rings.